The van der Waals surface area contributed by atoms with E-state index in [4.69, 9.17) is 5.73 Å². The number of carbonyl (C=O) groups is 1. The van der Waals surface area contributed by atoms with Crippen LogP contribution in [-0.2, 0) is 9.84 Å². The molecule has 0 saturated heterocycles. The van der Waals surface area contributed by atoms with Gasteiger partial charge in [-0.15, -0.1) is 0 Å². The number of hydrogen-bond donors (Lipinski definition) is 2. The van der Waals surface area contributed by atoms with Crippen LogP contribution in [-0.4, -0.2) is 25.1 Å². The molecule has 1 aromatic heterocycles. The average molecular weight is 331 g/mol. The van der Waals surface area contributed by atoms with Gasteiger partial charge in [-0.3, -0.25) is 9.78 Å². The highest BCUT2D eigenvalue weighted by Gasteiger charge is 2.31. The summed E-state index contributed by atoms with van der Waals surface area (Å²) in [6, 6.07) is 6.29. The number of rotatable bonds is 2. The zero-order chi connectivity index (χ0) is 16.6. The van der Waals surface area contributed by atoms with Crippen molar-refractivity contribution >= 4 is 21.4 Å². The molecule has 120 valence electrons. The predicted octanol–water partition coefficient (Wildman–Crippen LogP) is 1.82. The molecule has 0 fully saturated rings. The van der Waals surface area contributed by atoms with Crippen LogP contribution in [0.15, 0.2) is 41.6 Å². The fourth-order valence-corrected chi connectivity index (χ4v) is 4.76. The lowest BCUT2D eigenvalue weighted by atomic mass is 9.98. The Morgan fingerprint density at radius 2 is 1.96 bits per heavy atom. The number of sulfone groups is 1. The Morgan fingerprint density at radius 1 is 1.26 bits per heavy atom. The van der Waals surface area contributed by atoms with E-state index in [1.165, 1.54) is 0 Å². The summed E-state index contributed by atoms with van der Waals surface area (Å²) in [7, 11) is -3.40. The zero-order valence-electron chi connectivity index (χ0n) is 12.6. The minimum Gasteiger partial charge on any atom is -0.324 e. The van der Waals surface area contributed by atoms with Gasteiger partial charge < -0.3 is 11.1 Å². The normalized spacial score (nSPS) is 19.0. The summed E-state index contributed by atoms with van der Waals surface area (Å²) in [6.07, 6.45) is 3.54. The number of nitrogens with one attached hydrogen (secondary N) is 1. The van der Waals surface area contributed by atoms with Crippen molar-refractivity contribution in [1.29, 1.82) is 0 Å². The van der Waals surface area contributed by atoms with Crippen LogP contribution in [0.2, 0.25) is 0 Å². The first-order valence-corrected chi connectivity index (χ1v) is 8.88. The van der Waals surface area contributed by atoms with Gasteiger partial charge in [-0.1, -0.05) is 6.07 Å². The summed E-state index contributed by atoms with van der Waals surface area (Å²) < 4.78 is 24.8. The van der Waals surface area contributed by atoms with Gasteiger partial charge in [-0.25, -0.2) is 8.42 Å². The van der Waals surface area contributed by atoms with Crippen LogP contribution in [0.3, 0.4) is 0 Å². The molecule has 6 nitrogen and oxygen atoms in total. The predicted molar refractivity (Wildman–Crippen MR) is 87.0 cm³/mol. The van der Waals surface area contributed by atoms with Gasteiger partial charge in [-0.2, -0.15) is 0 Å². The van der Waals surface area contributed by atoms with E-state index in [1.807, 2.05) is 0 Å². The second-order valence-corrected chi connectivity index (χ2v) is 7.61. The minimum atomic E-state index is -3.40. The Balaban J connectivity index is 2.04. The number of anilines is 1. The zero-order valence-corrected chi connectivity index (χ0v) is 13.4. The number of fused-ring (bicyclic) bond motifs is 1. The Labute approximate surface area is 134 Å². The Hall–Kier alpha value is -2.25. The molecule has 0 unspecified atom stereocenters. The number of benzene rings is 1. The lowest BCUT2D eigenvalue weighted by Crippen LogP contribution is -2.27. The fourth-order valence-electron chi connectivity index (χ4n) is 2.84. The third-order valence-corrected chi connectivity index (χ3v) is 5.96. The lowest BCUT2D eigenvalue weighted by Gasteiger charge is -2.25. The van der Waals surface area contributed by atoms with Crippen LogP contribution in [0.4, 0.5) is 5.69 Å². The Morgan fingerprint density at radius 3 is 2.65 bits per heavy atom. The van der Waals surface area contributed by atoms with Crippen LogP contribution < -0.4 is 11.1 Å². The van der Waals surface area contributed by atoms with E-state index in [2.05, 4.69) is 10.3 Å². The quantitative estimate of drug-likeness (QED) is 0.874. The molecule has 7 heteroatoms. The molecule has 1 aliphatic rings. The Bertz CT molecular complexity index is 864. The maximum Gasteiger partial charge on any atom is 0.255 e. The molecular weight excluding hydrogens is 314 g/mol. The first-order valence-electron chi connectivity index (χ1n) is 7.23. The van der Waals surface area contributed by atoms with E-state index >= 15 is 0 Å². The molecule has 1 aliphatic heterocycles. The SMILES string of the molecule is Cc1c(C(=O)Nc2ccncc2)ccc2c1S(=O)(=O)CC[C@@H]2N. The molecule has 1 atom stereocenters. The van der Waals surface area contributed by atoms with Gasteiger partial charge in [0.2, 0.25) is 0 Å². The number of amides is 1. The van der Waals surface area contributed by atoms with E-state index in [1.54, 1.807) is 43.6 Å². The molecule has 3 N–H and O–H groups in total. The van der Waals surface area contributed by atoms with Crippen molar-refractivity contribution in [1.82, 2.24) is 4.98 Å². The van der Waals surface area contributed by atoms with Gasteiger partial charge in [0, 0.05) is 29.7 Å². The monoisotopic (exact) mass is 331 g/mol. The smallest absolute Gasteiger partial charge is 0.255 e. The second-order valence-electron chi connectivity index (χ2n) is 5.56. The summed E-state index contributed by atoms with van der Waals surface area (Å²) in [5.41, 5.74) is 7.98. The maximum atomic E-state index is 12.5. The highest BCUT2D eigenvalue weighted by molar-refractivity contribution is 7.91. The fraction of sp³-hybridized carbons (Fsp3) is 0.250. The average Bonchev–Trinajstić information content (AvgIpc) is 2.52. The number of hydrogen-bond acceptors (Lipinski definition) is 5. The molecular formula is C16H17N3O3S. The van der Waals surface area contributed by atoms with Gasteiger partial charge in [0.05, 0.1) is 10.6 Å². The molecule has 23 heavy (non-hydrogen) atoms. The van der Waals surface area contributed by atoms with E-state index in [-0.39, 0.29) is 22.6 Å². The standard InChI is InChI=1S/C16H17N3O3S/c1-10-12(16(20)19-11-4-7-18-8-5-11)2-3-13-14(17)6-9-23(21,22)15(10)13/h2-5,7-8,14H,6,9,17H2,1H3,(H,18,19,20)/t14-/m0/s1. The van der Waals surface area contributed by atoms with Gasteiger partial charge in [0.15, 0.2) is 9.84 Å². The molecule has 2 heterocycles. The molecule has 1 amide bonds. The molecule has 0 radical (unpaired) electrons. The minimum absolute atomic E-state index is 0.0113. The first kappa shape index (κ1) is 15.6. The Kier molecular flexibility index (Phi) is 3.91. The van der Waals surface area contributed by atoms with Gasteiger partial charge in [-0.05, 0) is 42.7 Å². The van der Waals surface area contributed by atoms with E-state index in [0.29, 0.717) is 28.8 Å². The van der Waals surface area contributed by atoms with Crippen LogP contribution in [0.1, 0.15) is 33.9 Å². The van der Waals surface area contributed by atoms with Gasteiger partial charge >= 0.3 is 0 Å². The number of nitrogens with two attached hydrogens (primary N) is 1. The van der Waals surface area contributed by atoms with Crippen molar-refractivity contribution in [2.75, 3.05) is 11.1 Å². The van der Waals surface area contributed by atoms with E-state index in [0.717, 1.165) is 0 Å². The number of aromatic nitrogens is 1. The number of pyridine rings is 1. The van der Waals surface area contributed by atoms with Crippen LogP contribution >= 0.6 is 0 Å². The van der Waals surface area contributed by atoms with Crippen molar-refractivity contribution in [3.63, 3.8) is 0 Å². The molecule has 0 bridgehead atoms. The van der Waals surface area contributed by atoms with Crippen molar-refractivity contribution in [3.05, 3.63) is 53.3 Å². The second kappa shape index (κ2) is 5.75. The number of carbonyl (C=O) groups excluding carboxylic acids is 1. The van der Waals surface area contributed by atoms with E-state index in [9.17, 15) is 13.2 Å². The largest absolute Gasteiger partial charge is 0.324 e. The van der Waals surface area contributed by atoms with Crippen molar-refractivity contribution in [3.8, 4) is 0 Å². The maximum absolute atomic E-state index is 12.5. The molecule has 0 spiro atoms. The molecule has 0 aliphatic carbocycles. The summed E-state index contributed by atoms with van der Waals surface area (Å²) in [6.45, 7) is 1.65. The summed E-state index contributed by atoms with van der Waals surface area (Å²) in [5.74, 6) is -0.344. The highest BCUT2D eigenvalue weighted by Crippen LogP contribution is 2.34. The third-order valence-electron chi connectivity index (χ3n) is 4.03. The summed E-state index contributed by atoms with van der Waals surface area (Å²) in [5, 5.41) is 2.74. The van der Waals surface area contributed by atoms with Crippen LogP contribution in [0.5, 0.6) is 0 Å². The van der Waals surface area contributed by atoms with Gasteiger partial charge in [0.25, 0.3) is 5.91 Å². The molecule has 3 rings (SSSR count). The summed E-state index contributed by atoms with van der Waals surface area (Å²) in [4.78, 5) is 16.5. The highest BCUT2D eigenvalue weighted by atomic mass is 32.2. The van der Waals surface area contributed by atoms with E-state index < -0.39 is 9.84 Å². The van der Waals surface area contributed by atoms with Crippen molar-refractivity contribution in [2.24, 2.45) is 5.73 Å². The number of nitrogens with zero attached hydrogens (tertiary/aromatic N) is 1. The van der Waals surface area contributed by atoms with Crippen molar-refractivity contribution in [2.45, 2.75) is 24.3 Å². The van der Waals surface area contributed by atoms with Crippen LogP contribution in [0, 0.1) is 6.92 Å². The first-order chi connectivity index (χ1) is 10.9. The molecule has 2 aromatic rings. The molecule has 1 aromatic carbocycles. The van der Waals surface area contributed by atoms with Crippen LogP contribution in [0.25, 0.3) is 0 Å². The molecule has 0 saturated carbocycles. The third kappa shape index (κ3) is 2.85. The van der Waals surface area contributed by atoms with Gasteiger partial charge in [0.1, 0.15) is 0 Å². The summed E-state index contributed by atoms with van der Waals surface area (Å²) >= 11 is 0. The lowest BCUT2D eigenvalue weighted by molar-refractivity contribution is 0.102. The topological polar surface area (TPSA) is 102 Å². The van der Waals surface area contributed by atoms with Crippen molar-refractivity contribution < 1.29 is 13.2 Å².